The Morgan fingerprint density at radius 3 is 2.29 bits per heavy atom. The normalized spacial score (nSPS) is 11.8. The summed E-state index contributed by atoms with van der Waals surface area (Å²) in [4.78, 5) is 13.0. The highest BCUT2D eigenvalue weighted by molar-refractivity contribution is 5.43. The molecule has 0 radical (unpaired) electrons. The predicted molar refractivity (Wildman–Crippen MR) is 67.6 cm³/mol. The van der Waals surface area contributed by atoms with Gasteiger partial charge in [-0.1, -0.05) is 20.8 Å². The minimum absolute atomic E-state index is 0.125. The molecule has 0 saturated carbocycles. The predicted octanol–water partition coefficient (Wildman–Crippen LogP) is 2.56. The largest absolute Gasteiger partial charge is 0.331 e. The van der Waals surface area contributed by atoms with Crippen LogP contribution in [0.1, 0.15) is 32.8 Å². The van der Waals surface area contributed by atoms with Crippen molar-refractivity contribution in [3.05, 3.63) is 30.4 Å². The Bertz CT molecular complexity index is 496. The lowest BCUT2D eigenvalue weighted by Gasteiger charge is -2.22. The summed E-state index contributed by atoms with van der Waals surface area (Å²) in [6.07, 6.45) is 8.52. The van der Waals surface area contributed by atoms with E-state index < -0.39 is 0 Å². The van der Waals surface area contributed by atoms with Crippen LogP contribution in [0.2, 0.25) is 0 Å². The minimum atomic E-state index is 0.125. The van der Waals surface area contributed by atoms with E-state index in [1.165, 1.54) is 0 Å². The number of aromatic nitrogens is 4. The molecule has 0 saturated heterocycles. The van der Waals surface area contributed by atoms with E-state index in [0.717, 1.165) is 17.8 Å². The molecule has 2 aromatic rings. The van der Waals surface area contributed by atoms with Crippen LogP contribution in [-0.2, 0) is 12.5 Å². The monoisotopic (exact) mass is 230 g/mol. The number of hydrogen-bond donors (Lipinski definition) is 0. The minimum Gasteiger partial charge on any atom is -0.331 e. The third-order valence-corrected chi connectivity index (χ3v) is 3.34. The second-order valence-corrected chi connectivity index (χ2v) is 4.89. The van der Waals surface area contributed by atoms with Gasteiger partial charge >= 0.3 is 0 Å². The molecule has 4 heteroatoms. The van der Waals surface area contributed by atoms with Gasteiger partial charge in [-0.2, -0.15) is 0 Å². The fourth-order valence-electron chi connectivity index (χ4n) is 1.58. The molecule has 17 heavy (non-hydrogen) atoms. The Morgan fingerprint density at radius 2 is 1.82 bits per heavy atom. The van der Waals surface area contributed by atoms with Crippen molar-refractivity contribution in [1.29, 1.82) is 0 Å². The lowest BCUT2D eigenvalue weighted by atomic mass is 9.84. The van der Waals surface area contributed by atoms with E-state index in [-0.39, 0.29) is 5.41 Å². The van der Waals surface area contributed by atoms with E-state index in [2.05, 4.69) is 35.7 Å². The Balaban J connectivity index is 2.34. The Hall–Kier alpha value is -1.71. The lowest BCUT2D eigenvalue weighted by molar-refractivity contribution is 0.502. The van der Waals surface area contributed by atoms with Crippen molar-refractivity contribution in [1.82, 2.24) is 19.5 Å². The van der Waals surface area contributed by atoms with Crippen molar-refractivity contribution in [3.63, 3.8) is 0 Å². The molecule has 0 unspecified atom stereocenters. The number of imidazole rings is 1. The quantitative estimate of drug-likeness (QED) is 0.814. The summed E-state index contributed by atoms with van der Waals surface area (Å²) in [5.41, 5.74) is 1.29. The molecular formula is C13H18N4. The van der Waals surface area contributed by atoms with Crippen molar-refractivity contribution in [2.75, 3.05) is 0 Å². The van der Waals surface area contributed by atoms with Gasteiger partial charge in [0.25, 0.3) is 0 Å². The third kappa shape index (κ3) is 2.20. The molecular weight excluding hydrogens is 212 g/mol. The fourth-order valence-corrected chi connectivity index (χ4v) is 1.58. The highest BCUT2D eigenvalue weighted by Gasteiger charge is 2.19. The molecule has 4 nitrogen and oxygen atoms in total. The second-order valence-electron chi connectivity index (χ2n) is 4.89. The Kier molecular flexibility index (Phi) is 2.96. The van der Waals surface area contributed by atoms with Crippen LogP contribution in [0, 0.1) is 0 Å². The zero-order valence-corrected chi connectivity index (χ0v) is 10.8. The third-order valence-electron chi connectivity index (χ3n) is 3.34. The maximum atomic E-state index is 4.40. The molecule has 0 fully saturated rings. The lowest BCUT2D eigenvalue weighted by Crippen LogP contribution is -2.16. The van der Waals surface area contributed by atoms with Crippen LogP contribution in [0.3, 0.4) is 0 Å². The van der Waals surface area contributed by atoms with Gasteiger partial charge in [0.2, 0.25) is 0 Å². The average molecular weight is 230 g/mol. The zero-order valence-electron chi connectivity index (χ0n) is 10.8. The average Bonchev–Trinajstić information content (AvgIpc) is 2.76. The van der Waals surface area contributed by atoms with Crippen molar-refractivity contribution < 1.29 is 0 Å². The highest BCUT2D eigenvalue weighted by atomic mass is 15.1. The first-order valence-corrected chi connectivity index (χ1v) is 5.85. The summed E-state index contributed by atoms with van der Waals surface area (Å²) in [7, 11) is 1.94. The van der Waals surface area contributed by atoms with Crippen molar-refractivity contribution in [2.24, 2.45) is 7.05 Å². The summed E-state index contributed by atoms with van der Waals surface area (Å²) in [6.45, 7) is 6.57. The number of rotatable bonds is 3. The maximum absolute atomic E-state index is 4.40. The van der Waals surface area contributed by atoms with E-state index in [1.807, 2.05) is 30.2 Å². The maximum Gasteiger partial charge on any atom is 0.195 e. The van der Waals surface area contributed by atoms with Gasteiger partial charge in [0.15, 0.2) is 11.6 Å². The van der Waals surface area contributed by atoms with Crippen LogP contribution < -0.4 is 0 Å². The van der Waals surface area contributed by atoms with Crippen molar-refractivity contribution in [2.45, 2.75) is 32.6 Å². The standard InChI is InChI=1S/C13H18N4/c1-5-13(2,3)10-8-15-11(16-9-10)12-14-6-7-17(12)4/h6-9H,5H2,1-4H3. The van der Waals surface area contributed by atoms with Gasteiger partial charge in [0, 0.05) is 31.8 Å². The van der Waals surface area contributed by atoms with Crippen LogP contribution in [0.15, 0.2) is 24.8 Å². The molecule has 2 rings (SSSR count). The summed E-state index contributed by atoms with van der Waals surface area (Å²) < 4.78 is 1.92. The van der Waals surface area contributed by atoms with E-state index >= 15 is 0 Å². The molecule has 0 aliphatic carbocycles. The first-order valence-electron chi connectivity index (χ1n) is 5.85. The molecule has 0 bridgehead atoms. The van der Waals surface area contributed by atoms with Gasteiger partial charge in [0.1, 0.15) is 0 Å². The van der Waals surface area contributed by atoms with E-state index in [4.69, 9.17) is 0 Å². The molecule has 0 spiro atoms. The van der Waals surface area contributed by atoms with Crippen LogP contribution >= 0.6 is 0 Å². The van der Waals surface area contributed by atoms with Crippen LogP contribution in [0.4, 0.5) is 0 Å². The van der Waals surface area contributed by atoms with Gasteiger partial charge in [-0.25, -0.2) is 15.0 Å². The van der Waals surface area contributed by atoms with Gasteiger partial charge in [-0.3, -0.25) is 0 Å². The number of nitrogens with zero attached hydrogens (tertiary/aromatic N) is 4. The van der Waals surface area contributed by atoms with E-state index in [0.29, 0.717) is 5.82 Å². The molecule has 0 aliphatic rings. The van der Waals surface area contributed by atoms with Gasteiger partial charge in [-0.05, 0) is 17.4 Å². The molecule has 0 N–H and O–H groups in total. The zero-order chi connectivity index (χ0) is 12.5. The van der Waals surface area contributed by atoms with Gasteiger partial charge in [0.05, 0.1) is 0 Å². The van der Waals surface area contributed by atoms with Gasteiger partial charge in [-0.15, -0.1) is 0 Å². The Morgan fingerprint density at radius 1 is 1.18 bits per heavy atom. The highest BCUT2D eigenvalue weighted by Crippen LogP contribution is 2.25. The van der Waals surface area contributed by atoms with Crippen LogP contribution in [0.25, 0.3) is 11.6 Å². The second kappa shape index (κ2) is 4.28. The fraction of sp³-hybridized carbons (Fsp3) is 0.462. The Labute approximate surface area is 102 Å². The molecule has 2 heterocycles. The molecule has 90 valence electrons. The summed E-state index contributed by atoms with van der Waals surface area (Å²) >= 11 is 0. The van der Waals surface area contributed by atoms with E-state index in [1.54, 1.807) is 6.20 Å². The molecule has 0 aliphatic heterocycles. The SMILES string of the molecule is CCC(C)(C)c1cnc(-c2nccn2C)nc1. The summed E-state index contributed by atoms with van der Waals surface area (Å²) in [5, 5.41) is 0. The topological polar surface area (TPSA) is 43.6 Å². The number of aryl methyl sites for hydroxylation is 1. The van der Waals surface area contributed by atoms with E-state index in [9.17, 15) is 0 Å². The van der Waals surface area contributed by atoms with Crippen molar-refractivity contribution in [3.8, 4) is 11.6 Å². The summed E-state index contributed by atoms with van der Waals surface area (Å²) in [5.74, 6) is 1.47. The molecule has 0 atom stereocenters. The molecule has 0 amide bonds. The van der Waals surface area contributed by atoms with Crippen LogP contribution in [-0.4, -0.2) is 19.5 Å². The van der Waals surface area contributed by atoms with Crippen LogP contribution in [0.5, 0.6) is 0 Å². The summed E-state index contributed by atoms with van der Waals surface area (Å²) in [6, 6.07) is 0. The smallest absolute Gasteiger partial charge is 0.195 e. The molecule has 0 aromatic carbocycles. The first kappa shape index (κ1) is 11.8. The van der Waals surface area contributed by atoms with Crippen molar-refractivity contribution >= 4 is 0 Å². The first-order chi connectivity index (χ1) is 8.04. The number of hydrogen-bond acceptors (Lipinski definition) is 3. The van der Waals surface area contributed by atoms with Gasteiger partial charge < -0.3 is 4.57 Å². The molecule has 2 aromatic heterocycles.